The Morgan fingerprint density at radius 2 is 1.65 bits per heavy atom. The molecule has 1 aromatic heterocycles. The molecule has 2 aromatic rings. The van der Waals surface area contributed by atoms with Crippen LogP contribution in [0.4, 0.5) is 0 Å². The van der Waals surface area contributed by atoms with Gasteiger partial charge in [0.15, 0.2) is 5.75 Å². The quantitative estimate of drug-likeness (QED) is 0.631. The van der Waals surface area contributed by atoms with Gasteiger partial charge in [-0.15, -0.1) is 0 Å². The summed E-state index contributed by atoms with van der Waals surface area (Å²) in [4.78, 5) is 34.5. The fourth-order valence-corrected chi connectivity index (χ4v) is 1.96. The minimum atomic E-state index is -0.925. The number of carbonyl (C=O) groups excluding carboxylic acids is 2. The van der Waals surface area contributed by atoms with Crippen LogP contribution in [0.1, 0.15) is 27.7 Å². The van der Waals surface area contributed by atoms with Crippen molar-refractivity contribution in [2.45, 2.75) is 33.8 Å². The Morgan fingerprint density at radius 3 is 2.22 bits per heavy atom. The van der Waals surface area contributed by atoms with Crippen LogP contribution in [0.25, 0.3) is 11.0 Å². The van der Waals surface area contributed by atoms with Crippen LogP contribution in [0.3, 0.4) is 0 Å². The first-order valence-electron chi connectivity index (χ1n) is 6.92. The van der Waals surface area contributed by atoms with Gasteiger partial charge in [0.1, 0.15) is 11.3 Å². The second-order valence-electron chi connectivity index (χ2n) is 5.06. The van der Waals surface area contributed by atoms with Gasteiger partial charge in [0.2, 0.25) is 0 Å². The minimum Gasteiger partial charge on any atom is -0.491 e. The molecule has 7 nitrogen and oxygen atoms in total. The number of carbonyl (C=O) groups is 2. The molecule has 0 saturated carbocycles. The summed E-state index contributed by atoms with van der Waals surface area (Å²) < 4.78 is 20.5. The summed E-state index contributed by atoms with van der Waals surface area (Å²) in [7, 11) is 0. The van der Waals surface area contributed by atoms with E-state index >= 15 is 0 Å². The molecule has 0 aliphatic carbocycles. The molecule has 1 aromatic carbocycles. The molecular weight excluding hydrogens is 304 g/mol. The molecule has 122 valence electrons. The average molecular weight is 320 g/mol. The summed E-state index contributed by atoms with van der Waals surface area (Å²) in [5, 5.41) is 0.312. The van der Waals surface area contributed by atoms with Crippen molar-refractivity contribution in [3.05, 3.63) is 28.6 Å². The topological polar surface area (TPSA) is 92.0 Å². The number of hydrogen-bond donors (Lipinski definition) is 0. The molecule has 7 heteroatoms. The minimum absolute atomic E-state index is 0.0626. The molecule has 1 heterocycles. The van der Waals surface area contributed by atoms with Crippen LogP contribution in [0.15, 0.2) is 27.4 Å². The normalized spacial score (nSPS) is 10.7. The van der Waals surface area contributed by atoms with Gasteiger partial charge in [-0.1, -0.05) is 0 Å². The van der Waals surface area contributed by atoms with E-state index in [4.69, 9.17) is 18.6 Å². The molecule has 0 saturated heterocycles. The zero-order valence-corrected chi connectivity index (χ0v) is 13.2. The summed E-state index contributed by atoms with van der Waals surface area (Å²) >= 11 is 0. The van der Waals surface area contributed by atoms with Crippen LogP contribution in [-0.2, 0) is 9.59 Å². The van der Waals surface area contributed by atoms with Crippen LogP contribution in [0.2, 0.25) is 0 Å². The van der Waals surface area contributed by atoms with E-state index in [1.165, 1.54) is 13.0 Å². The van der Waals surface area contributed by atoms with Gasteiger partial charge in [0.25, 0.3) is 5.75 Å². The summed E-state index contributed by atoms with van der Waals surface area (Å²) in [5.41, 5.74) is -0.772. The summed E-state index contributed by atoms with van der Waals surface area (Å²) in [6, 6.07) is 4.69. The highest BCUT2D eigenvalue weighted by Crippen LogP contribution is 2.35. The molecule has 0 bridgehead atoms. The van der Waals surface area contributed by atoms with Gasteiger partial charge in [0.05, 0.1) is 11.5 Å². The molecule has 0 amide bonds. The largest absolute Gasteiger partial charge is 0.491 e. The number of benzene rings is 1. The summed E-state index contributed by atoms with van der Waals surface area (Å²) in [6.45, 7) is 6.01. The van der Waals surface area contributed by atoms with E-state index < -0.39 is 23.3 Å². The number of hydrogen-bond acceptors (Lipinski definition) is 7. The van der Waals surface area contributed by atoms with Crippen LogP contribution in [-0.4, -0.2) is 18.0 Å². The van der Waals surface area contributed by atoms with Gasteiger partial charge >= 0.3 is 17.6 Å². The van der Waals surface area contributed by atoms with Crippen molar-refractivity contribution >= 4 is 22.9 Å². The van der Waals surface area contributed by atoms with E-state index in [1.54, 1.807) is 12.1 Å². The molecule has 23 heavy (non-hydrogen) atoms. The first kappa shape index (κ1) is 16.5. The molecule has 0 aliphatic rings. The Kier molecular flexibility index (Phi) is 4.68. The fraction of sp³-hybridized carbons (Fsp3) is 0.312. The van der Waals surface area contributed by atoms with E-state index in [0.717, 1.165) is 6.92 Å². The molecule has 0 spiro atoms. The van der Waals surface area contributed by atoms with Gasteiger partial charge in [-0.2, -0.15) is 0 Å². The highest BCUT2D eigenvalue weighted by molar-refractivity contribution is 5.90. The first-order chi connectivity index (χ1) is 10.8. The Hall–Kier alpha value is -2.83. The monoisotopic (exact) mass is 320 g/mol. The van der Waals surface area contributed by atoms with E-state index in [0.29, 0.717) is 11.1 Å². The second kappa shape index (κ2) is 6.51. The van der Waals surface area contributed by atoms with Gasteiger partial charge in [-0.05, 0) is 26.0 Å². The highest BCUT2D eigenvalue weighted by Gasteiger charge is 2.21. The molecular formula is C16H16O7. The van der Waals surface area contributed by atoms with Crippen molar-refractivity contribution < 1.29 is 28.2 Å². The van der Waals surface area contributed by atoms with E-state index in [2.05, 4.69) is 0 Å². The third-order valence-corrected chi connectivity index (χ3v) is 2.66. The van der Waals surface area contributed by atoms with Crippen molar-refractivity contribution in [3.8, 4) is 17.2 Å². The van der Waals surface area contributed by atoms with Crippen molar-refractivity contribution in [1.29, 1.82) is 0 Å². The predicted octanol–water partition coefficient (Wildman–Crippen LogP) is 2.43. The van der Waals surface area contributed by atoms with Gasteiger partial charge in [-0.25, -0.2) is 4.79 Å². The predicted molar refractivity (Wildman–Crippen MR) is 80.9 cm³/mol. The maximum atomic E-state index is 12.0. The Balaban J connectivity index is 2.67. The third-order valence-electron chi connectivity index (χ3n) is 2.66. The average Bonchev–Trinajstić information content (AvgIpc) is 2.41. The molecule has 0 N–H and O–H groups in total. The van der Waals surface area contributed by atoms with Gasteiger partial charge < -0.3 is 18.6 Å². The van der Waals surface area contributed by atoms with Crippen LogP contribution in [0, 0.1) is 0 Å². The lowest BCUT2D eigenvalue weighted by atomic mass is 10.2. The van der Waals surface area contributed by atoms with Gasteiger partial charge in [-0.3, -0.25) is 9.59 Å². The summed E-state index contributed by atoms with van der Waals surface area (Å²) in [5.74, 6) is -1.52. The zero-order valence-electron chi connectivity index (χ0n) is 13.2. The highest BCUT2D eigenvalue weighted by atomic mass is 16.6. The Labute approximate surface area is 131 Å². The van der Waals surface area contributed by atoms with Crippen molar-refractivity contribution in [1.82, 2.24) is 0 Å². The number of fused-ring (bicyclic) bond motifs is 1. The molecule has 0 unspecified atom stereocenters. The Bertz CT molecular complexity index is 817. The molecule has 0 aliphatic heterocycles. The number of ether oxygens (including phenoxy) is 3. The first-order valence-corrected chi connectivity index (χ1v) is 6.92. The summed E-state index contributed by atoms with van der Waals surface area (Å²) in [6.07, 6.45) is -0.0626. The van der Waals surface area contributed by atoms with E-state index in [-0.39, 0.29) is 17.4 Å². The van der Waals surface area contributed by atoms with Crippen molar-refractivity contribution in [3.63, 3.8) is 0 Å². The molecule has 0 radical (unpaired) electrons. The van der Waals surface area contributed by atoms with Crippen LogP contribution < -0.4 is 19.8 Å². The van der Waals surface area contributed by atoms with Crippen LogP contribution >= 0.6 is 0 Å². The van der Waals surface area contributed by atoms with Crippen molar-refractivity contribution in [2.24, 2.45) is 0 Å². The number of esters is 2. The molecule has 0 atom stereocenters. The lowest BCUT2D eigenvalue weighted by Gasteiger charge is -2.12. The Morgan fingerprint density at radius 1 is 1.04 bits per heavy atom. The van der Waals surface area contributed by atoms with Gasteiger partial charge in [0, 0.05) is 19.9 Å². The van der Waals surface area contributed by atoms with Crippen LogP contribution in [0.5, 0.6) is 17.2 Å². The van der Waals surface area contributed by atoms with Crippen molar-refractivity contribution in [2.75, 3.05) is 0 Å². The molecule has 2 rings (SSSR count). The zero-order chi connectivity index (χ0) is 17.1. The lowest BCUT2D eigenvalue weighted by Crippen LogP contribution is -2.15. The lowest BCUT2D eigenvalue weighted by molar-refractivity contribution is -0.134. The second-order valence-corrected chi connectivity index (χ2v) is 5.06. The van der Waals surface area contributed by atoms with E-state index in [1.807, 2.05) is 13.8 Å². The maximum Gasteiger partial charge on any atom is 0.383 e. The smallest absolute Gasteiger partial charge is 0.383 e. The maximum absolute atomic E-state index is 12.0. The standard InChI is InChI=1S/C16H16O7/c1-8(2)20-11-5-6-12-13(7-11)23-16(19)15(22-10(4)18)14(12)21-9(3)17/h5-8H,1-4H3. The molecule has 0 fully saturated rings. The van der Waals surface area contributed by atoms with E-state index in [9.17, 15) is 14.4 Å². The SMILES string of the molecule is CC(=O)Oc1c(OC(C)=O)c2ccc(OC(C)C)cc2oc1=O. The fourth-order valence-electron chi connectivity index (χ4n) is 1.96. The third kappa shape index (κ3) is 3.88. The number of rotatable bonds is 4.